The number of methoxy groups -OCH3 is 1. The van der Waals surface area contributed by atoms with E-state index < -0.39 is 40.8 Å². The first-order valence-electron chi connectivity index (χ1n) is 14.6. The number of ether oxygens (including phenoxy) is 1. The summed E-state index contributed by atoms with van der Waals surface area (Å²) in [6.07, 6.45) is -2.09. The minimum Gasteiger partial charge on any atom is -0.496 e. The molecule has 0 bridgehead atoms. The number of likely N-dealkylation sites (N-methyl/N-ethyl adjacent to an activating group) is 1. The van der Waals surface area contributed by atoms with Crippen molar-refractivity contribution in [1.82, 2.24) is 15.1 Å². The number of ketones is 1. The minimum absolute atomic E-state index is 0.123. The molecule has 2 aromatic carbocycles. The fourth-order valence-corrected chi connectivity index (χ4v) is 7.02. The Morgan fingerprint density at radius 2 is 1.77 bits per heavy atom. The number of amides is 2. The summed E-state index contributed by atoms with van der Waals surface area (Å²) in [5.41, 5.74) is -1.26. The van der Waals surface area contributed by atoms with Crippen LogP contribution in [0.3, 0.4) is 0 Å². The third-order valence-electron chi connectivity index (χ3n) is 9.68. The normalized spacial score (nSPS) is 23.6. The summed E-state index contributed by atoms with van der Waals surface area (Å²) in [5.74, 6) is -2.02. The third-order valence-corrected chi connectivity index (χ3v) is 9.91. The van der Waals surface area contributed by atoms with Gasteiger partial charge in [0, 0.05) is 61.1 Å². The Kier molecular flexibility index (Phi) is 8.33. The Bertz CT molecular complexity index is 1440. The summed E-state index contributed by atoms with van der Waals surface area (Å²) < 4.78 is 46.4. The van der Waals surface area contributed by atoms with Gasteiger partial charge >= 0.3 is 6.18 Å². The van der Waals surface area contributed by atoms with Gasteiger partial charge in [0.25, 0.3) is 5.91 Å². The van der Waals surface area contributed by atoms with E-state index in [2.05, 4.69) is 5.32 Å². The molecule has 0 aromatic heterocycles. The number of Topliss-reactive ketones (excluding diaryl/α,β-unsaturated/α-hetero) is 1. The molecular weight excluding hydrogens is 583 g/mol. The van der Waals surface area contributed by atoms with Crippen molar-refractivity contribution in [3.8, 4) is 5.75 Å². The van der Waals surface area contributed by atoms with Gasteiger partial charge in [-0.3, -0.25) is 14.4 Å². The van der Waals surface area contributed by atoms with E-state index in [4.69, 9.17) is 16.3 Å². The van der Waals surface area contributed by atoms with E-state index in [1.807, 2.05) is 24.8 Å². The smallest absolute Gasteiger partial charge is 0.419 e. The van der Waals surface area contributed by atoms with Crippen molar-refractivity contribution in [3.63, 3.8) is 0 Å². The average molecular weight is 620 g/mol. The molecule has 43 heavy (non-hydrogen) atoms. The Morgan fingerprint density at radius 1 is 1.09 bits per heavy atom. The zero-order valence-electron chi connectivity index (χ0n) is 24.8. The number of halogens is 4. The molecule has 0 radical (unpaired) electrons. The molecule has 0 spiro atoms. The van der Waals surface area contributed by atoms with Crippen LogP contribution in [-0.4, -0.2) is 73.3 Å². The van der Waals surface area contributed by atoms with Crippen LogP contribution in [0.4, 0.5) is 13.2 Å². The summed E-state index contributed by atoms with van der Waals surface area (Å²) in [6.45, 7) is 5.28. The van der Waals surface area contributed by atoms with Crippen molar-refractivity contribution in [2.24, 2.45) is 11.3 Å². The molecule has 1 saturated carbocycles. The van der Waals surface area contributed by atoms with Crippen LogP contribution in [0.5, 0.6) is 5.75 Å². The molecule has 232 valence electrons. The molecule has 11 heteroatoms. The minimum atomic E-state index is -4.74. The molecule has 3 aliphatic rings. The third kappa shape index (κ3) is 5.64. The molecular formula is C32H37ClF3N3O4. The molecule has 7 nitrogen and oxygen atoms in total. The number of hydrogen-bond acceptors (Lipinski definition) is 5. The van der Waals surface area contributed by atoms with E-state index in [0.29, 0.717) is 37.5 Å². The maximum absolute atomic E-state index is 14.7. The van der Waals surface area contributed by atoms with Gasteiger partial charge in [0.2, 0.25) is 5.91 Å². The van der Waals surface area contributed by atoms with Gasteiger partial charge < -0.3 is 19.9 Å². The fraction of sp³-hybridized carbons (Fsp3) is 0.531. The van der Waals surface area contributed by atoms with Gasteiger partial charge in [0.1, 0.15) is 11.3 Å². The Hall–Kier alpha value is -3.11. The largest absolute Gasteiger partial charge is 0.496 e. The number of benzene rings is 2. The van der Waals surface area contributed by atoms with Gasteiger partial charge in [0.15, 0.2) is 5.78 Å². The van der Waals surface area contributed by atoms with Gasteiger partial charge in [-0.15, -0.1) is 0 Å². The number of carbonyl (C=O) groups excluding carboxylic acids is 3. The second kappa shape index (κ2) is 11.4. The van der Waals surface area contributed by atoms with E-state index in [9.17, 15) is 27.6 Å². The number of nitrogens with zero attached hydrogens (tertiary/aromatic N) is 2. The SMILES string of the molecule is COc1ccc(C(=O)N(C)[C@@]2(C(=O)C3CCN(C(=O)C4(C)CC4)CC3)CNC[C@@H]2c2ccc(Cl)cc2C)cc1C(F)(F)F. The highest BCUT2D eigenvalue weighted by molar-refractivity contribution is 6.30. The van der Waals surface area contributed by atoms with E-state index in [-0.39, 0.29) is 29.2 Å². The van der Waals surface area contributed by atoms with Crippen molar-refractivity contribution >= 4 is 29.2 Å². The van der Waals surface area contributed by atoms with E-state index in [1.165, 1.54) is 18.0 Å². The van der Waals surface area contributed by atoms with Gasteiger partial charge in [-0.2, -0.15) is 13.2 Å². The van der Waals surface area contributed by atoms with Crippen LogP contribution in [0.2, 0.25) is 5.02 Å². The van der Waals surface area contributed by atoms with Gasteiger partial charge in [-0.25, -0.2) is 0 Å². The molecule has 3 fully saturated rings. The topological polar surface area (TPSA) is 79.0 Å². The number of rotatable bonds is 7. The Morgan fingerprint density at radius 3 is 2.35 bits per heavy atom. The number of likely N-dealkylation sites (tertiary alicyclic amines) is 1. The van der Waals surface area contributed by atoms with Crippen LogP contribution >= 0.6 is 11.6 Å². The molecule has 1 N–H and O–H groups in total. The van der Waals surface area contributed by atoms with Crippen molar-refractivity contribution in [2.45, 2.75) is 57.2 Å². The Balaban J connectivity index is 1.52. The summed E-state index contributed by atoms with van der Waals surface area (Å²) in [5, 5.41) is 3.84. The second-order valence-corrected chi connectivity index (χ2v) is 12.8. The van der Waals surface area contributed by atoms with Crippen LogP contribution in [0.1, 0.15) is 65.6 Å². The molecule has 2 aromatic rings. The monoisotopic (exact) mass is 619 g/mol. The lowest BCUT2D eigenvalue weighted by atomic mass is 9.71. The van der Waals surface area contributed by atoms with Crippen LogP contribution < -0.4 is 10.1 Å². The predicted molar refractivity (Wildman–Crippen MR) is 156 cm³/mol. The highest BCUT2D eigenvalue weighted by Crippen LogP contribution is 2.48. The number of hydrogen-bond donors (Lipinski definition) is 1. The summed E-state index contributed by atoms with van der Waals surface area (Å²) >= 11 is 6.24. The van der Waals surface area contributed by atoms with E-state index in [1.54, 1.807) is 12.1 Å². The predicted octanol–water partition coefficient (Wildman–Crippen LogP) is 5.48. The summed E-state index contributed by atoms with van der Waals surface area (Å²) in [7, 11) is 2.63. The molecule has 2 aliphatic heterocycles. The molecule has 0 unspecified atom stereocenters. The number of alkyl halides is 3. The summed E-state index contributed by atoms with van der Waals surface area (Å²) in [6, 6.07) is 8.58. The molecule has 1 aliphatic carbocycles. The number of piperidine rings is 1. The van der Waals surface area contributed by atoms with Crippen molar-refractivity contribution in [2.75, 3.05) is 40.3 Å². The van der Waals surface area contributed by atoms with E-state index in [0.717, 1.165) is 43.2 Å². The van der Waals surface area contributed by atoms with Crippen LogP contribution in [0.15, 0.2) is 36.4 Å². The van der Waals surface area contributed by atoms with Crippen LogP contribution in [0.25, 0.3) is 0 Å². The first-order valence-corrected chi connectivity index (χ1v) is 14.9. The van der Waals surface area contributed by atoms with Crippen molar-refractivity contribution in [3.05, 3.63) is 63.7 Å². The zero-order chi connectivity index (χ0) is 31.3. The van der Waals surface area contributed by atoms with Crippen molar-refractivity contribution in [1.29, 1.82) is 0 Å². The van der Waals surface area contributed by atoms with Gasteiger partial charge in [-0.05, 0) is 74.1 Å². The average Bonchev–Trinajstić information content (AvgIpc) is 3.59. The summed E-state index contributed by atoms with van der Waals surface area (Å²) in [4.78, 5) is 44.9. The van der Waals surface area contributed by atoms with Gasteiger partial charge in [0.05, 0.1) is 12.7 Å². The van der Waals surface area contributed by atoms with Crippen LogP contribution in [0, 0.1) is 18.3 Å². The van der Waals surface area contributed by atoms with Gasteiger partial charge in [-0.1, -0.05) is 24.6 Å². The highest BCUT2D eigenvalue weighted by atomic mass is 35.5. The first kappa shape index (κ1) is 31.3. The molecule has 5 rings (SSSR count). The van der Waals surface area contributed by atoms with E-state index >= 15 is 0 Å². The number of carbonyl (C=O) groups is 3. The lowest BCUT2D eigenvalue weighted by molar-refractivity contribution is -0.142. The van der Waals surface area contributed by atoms with Crippen LogP contribution in [-0.2, 0) is 15.8 Å². The lowest BCUT2D eigenvalue weighted by Crippen LogP contribution is -2.62. The zero-order valence-corrected chi connectivity index (χ0v) is 25.6. The molecule has 2 heterocycles. The fourth-order valence-electron chi connectivity index (χ4n) is 6.79. The number of aryl methyl sites for hydroxylation is 1. The standard InChI is InChI=1S/C32H37ClF3N3O4/c1-19-15-22(33)6-7-23(19)25-17-37-18-31(25,27(40)20-9-13-39(14-10-20)29(42)30(2)11-12-30)38(3)28(41)21-5-8-26(43-4)24(16-21)32(34,35)36/h5-8,15-16,20,25,37H,9-14,17-18H2,1-4H3/t25-,31+/m1/s1. The quantitative estimate of drug-likeness (QED) is 0.444. The second-order valence-electron chi connectivity index (χ2n) is 12.4. The molecule has 2 amide bonds. The molecule has 2 atom stereocenters. The number of nitrogens with one attached hydrogen (secondary N) is 1. The van der Waals surface area contributed by atoms with Crippen molar-refractivity contribution < 1.29 is 32.3 Å². The Labute approximate surface area is 254 Å². The maximum Gasteiger partial charge on any atom is 0.419 e. The maximum atomic E-state index is 14.7. The highest BCUT2D eigenvalue weighted by Gasteiger charge is 2.57. The molecule has 2 saturated heterocycles. The first-order chi connectivity index (χ1) is 20.2. The lowest BCUT2D eigenvalue weighted by Gasteiger charge is -2.45.